The third-order valence-corrected chi connectivity index (χ3v) is 3.85. The zero-order valence-corrected chi connectivity index (χ0v) is 13.9. The molecule has 0 aromatic heterocycles. The monoisotopic (exact) mass is 281 g/mol. The van der Waals surface area contributed by atoms with E-state index in [4.69, 9.17) is 0 Å². The lowest BCUT2D eigenvalue weighted by atomic mass is 9.78. The molecule has 0 aliphatic rings. The second kappa shape index (κ2) is 5.22. The number of hydrogen-bond acceptors (Lipinski definition) is 0. The molecule has 0 amide bonds. The summed E-state index contributed by atoms with van der Waals surface area (Å²) in [4.78, 5) is 0. The van der Waals surface area contributed by atoms with Gasteiger partial charge in [0.25, 0.3) is 0 Å². The van der Waals surface area contributed by atoms with Crippen LogP contribution in [0.3, 0.4) is 0 Å². The molecule has 2 rings (SSSR count). The van der Waals surface area contributed by atoms with Gasteiger partial charge in [-0.05, 0) is 28.0 Å². The number of rotatable bonds is 1. The van der Waals surface area contributed by atoms with Crippen LogP contribution in [0.2, 0.25) is 0 Å². The molecule has 0 bridgehead atoms. The minimum atomic E-state index is -0.151. The molecule has 1 nitrogen and oxygen atoms in total. The molecule has 2 aromatic carbocycles. The predicted molar refractivity (Wildman–Crippen MR) is 89.4 cm³/mol. The quantitative estimate of drug-likeness (QED) is 0.602. The summed E-state index contributed by atoms with van der Waals surface area (Å²) in [5, 5.41) is 12.9. The van der Waals surface area contributed by atoms with Crippen molar-refractivity contribution in [3.05, 3.63) is 53.6 Å². The summed E-state index contributed by atoms with van der Waals surface area (Å²) in [6, 6.07) is 14.1. The van der Waals surface area contributed by atoms with Crippen LogP contribution >= 0.6 is 0 Å². The summed E-state index contributed by atoms with van der Waals surface area (Å²) in [5.41, 5.74) is 3.80. The van der Waals surface area contributed by atoms with E-state index in [0.717, 1.165) is 16.7 Å². The Kier molecular flexibility index (Phi) is 3.88. The van der Waals surface area contributed by atoms with Crippen LogP contribution in [0.5, 0.6) is 5.75 Å². The first kappa shape index (κ1) is 15.6. The van der Waals surface area contributed by atoms with E-state index >= 15 is 0 Å². The van der Waals surface area contributed by atoms with Crippen LogP contribution in [0.15, 0.2) is 42.5 Å². The largest absolute Gasteiger partial charge is 0.289 e. The van der Waals surface area contributed by atoms with Crippen molar-refractivity contribution < 1.29 is 5.11 Å². The minimum Gasteiger partial charge on any atom is -0.289 e. The normalized spacial score (nSPS) is 12.5. The first-order chi connectivity index (χ1) is 9.60. The van der Waals surface area contributed by atoms with E-state index < -0.39 is 0 Å². The lowest BCUT2D eigenvalue weighted by Crippen LogP contribution is -2.16. The standard InChI is InChI=1S/C20H25O/c1-19(2,3)15-12-16(14-10-8-7-9-11-14)18(21)17(13-15)20(4,5)6/h7-13H,1-6H3. The van der Waals surface area contributed by atoms with E-state index in [1.54, 1.807) is 0 Å². The molecule has 0 spiro atoms. The van der Waals surface area contributed by atoms with Gasteiger partial charge < -0.3 is 0 Å². The predicted octanol–water partition coefficient (Wildman–Crippen LogP) is 6.09. The lowest BCUT2D eigenvalue weighted by molar-refractivity contribution is 0.342. The molecule has 0 heterocycles. The highest BCUT2D eigenvalue weighted by Gasteiger charge is 2.26. The van der Waals surface area contributed by atoms with Gasteiger partial charge in [0.2, 0.25) is 0 Å². The van der Waals surface area contributed by atoms with Crippen LogP contribution in [0, 0.1) is 0 Å². The zero-order chi connectivity index (χ0) is 15.8. The highest BCUT2D eigenvalue weighted by molar-refractivity contribution is 5.73. The van der Waals surface area contributed by atoms with E-state index in [1.165, 1.54) is 5.56 Å². The SMILES string of the molecule is CC(C)(C)c1cc(-c2ccccc2)c([O])c(C(C)(C)C)c1. The van der Waals surface area contributed by atoms with Crippen molar-refractivity contribution in [2.45, 2.75) is 52.4 Å². The molecule has 0 fully saturated rings. The van der Waals surface area contributed by atoms with Crippen LogP contribution in [0.4, 0.5) is 0 Å². The van der Waals surface area contributed by atoms with Crippen molar-refractivity contribution >= 4 is 0 Å². The average Bonchev–Trinajstić information content (AvgIpc) is 2.37. The first-order valence-electron chi connectivity index (χ1n) is 7.52. The second-order valence-electron chi connectivity index (χ2n) is 7.77. The van der Waals surface area contributed by atoms with Gasteiger partial charge in [-0.1, -0.05) is 77.9 Å². The highest BCUT2D eigenvalue weighted by atomic mass is 16.3. The minimum absolute atomic E-state index is 0.0250. The molecular formula is C20H25O. The van der Waals surface area contributed by atoms with Gasteiger partial charge in [-0.3, -0.25) is 5.11 Å². The molecule has 0 aliphatic carbocycles. The molecule has 2 aromatic rings. The highest BCUT2D eigenvalue weighted by Crippen LogP contribution is 2.42. The van der Waals surface area contributed by atoms with Gasteiger partial charge >= 0.3 is 0 Å². The van der Waals surface area contributed by atoms with E-state index in [-0.39, 0.29) is 16.6 Å². The molecule has 0 saturated carbocycles. The topological polar surface area (TPSA) is 19.9 Å². The summed E-state index contributed by atoms with van der Waals surface area (Å²) in [6.07, 6.45) is 0. The average molecular weight is 281 g/mol. The summed E-state index contributed by atoms with van der Waals surface area (Å²) in [5.74, 6) is 0.154. The third-order valence-electron chi connectivity index (χ3n) is 3.85. The first-order valence-corrected chi connectivity index (χ1v) is 7.52. The van der Waals surface area contributed by atoms with Gasteiger partial charge in [-0.25, -0.2) is 0 Å². The zero-order valence-electron chi connectivity index (χ0n) is 13.9. The summed E-state index contributed by atoms with van der Waals surface area (Å²) < 4.78 is 0. The van der Waals surface area contributed by atoms with Crippen LogP contribution in [0.25, 0.3) is 11.1 Å². The third kappa shape index (κ3) is 3.29. The Balaban J connectivity index is 2.76. The van der Waals surface area contributed by atoms with E-state index in [2.05, 4.69) is 53.7 Å². The maximum absolute atomic E-state index is 12.9. The molecule has 1 radical (unpaired) electrons. The van der Waals surface area contributed by atoms with E-state index in [1.807, 2.05) is 30.3 Å². The second-order valence-corrected chi connectivity index (χ2v) is 7.77. The Bertz CT molecular complexity index is 625. The fourth-order valence-corrected chi connectivity index (χ4v) is 2.45. The Morgan fingerprint density at radius 3 is 1.81 bits per heavy atom. The Labute approximate surface area is 128 Å². The molecule has 21 heavy (non-hydrogen) atoms. The van der Waals surface area contributed by atoms with Gasteiger partial charge in [0.1, 0.15) is 0 Å². The molecule has 0 saturated heterocycles. The van der Waals surface area contributed by atoms with E-state index in [0.29, 0.717) is 0 Å². The van der Waals surface area contributed by atoms with Crippen LogP contribution in [-0.4, -0.2) is 0 Å². The summed E-state index contributed by atoms with van der Waals surface area (Å²) >= 11 is 0. The van der Waals surface area contributed by atoms with Crippen molar-refractivity contribution in [3.63, 3.8) is 0 Å². The fraction of sp³-hybridized carbons (Fsp3) is 0.400. The molecule has 1 heteroatoms. The van der Waals surface area contributed by atoms with Crippen molar-refractivity contribution in [3.8, 4) is 16.9 Å². The van der Waals surface area contributed by atoms with Crippen molar-refractivity contribution in [2.75, 3.05) is 0 Å². The molecule has 0 aliphatic heterocycles. The molecule has 0 atom stereocenters. The summed E-state index contributed by atoms with van der Waals surface area (Å²) in [6.45, 7) is 12.9. The Morgan fingerprint density at radius 1 is 0.762 bits per heavy atom. The Morgan fingerprint density at radius 2 is 1.33 bits per heavy atom. The van der Waals surface area contributed by atoms with Gasteiger partial charge in [0.15, 0.2) is 5.75 Å². The maximum atomic E-state index is 12.9. The van der Waals surface area contributed by atoms with Crippen molar-refractivity contribution in [1.82, 2.24) is 0 Å². The van der Waals surface area contributed by atoms with Gasteiger partial charge in [-0.15, -0.1) is 0 Å². The van der Waals surface area contributed by atoms with Gasteiger partial charge in [0.05, 0.1) is 0 Å². The van der Waals surface area contributed by atoms with Crippen molar-refractivity contribution in [1.29, 1.82) is 0 Å². The maximum Gasteiger partial charge on any atom is 0.190 e. The molecule has 0 unspecified atom stereocenters. The number of benzene rings is 2. The Hall–Kier alpha value is -1.76. The molecule has 111 valence electrons. The van der Waals surface area contributed by atoms with Crippen LogP contribution in [-0.2, 0) is 15.9 Å². The lowest BCUT2D eigenvalue weighted by Gasteiger charge is -2.26. The summed E-state index contributed by atoms with van der Waals surface area (Å²) in [7, 11) is 0. The van der Waals surface area contributed by atoms with Crippen molar-refractivity contribution in [2.24, 2.45) is 0 Å². The fourth-order valence-electron chi connectivity index (χ4n) is 2.45. The van der Waals surface area contributed by atoms with Gasteiger partial charge in [0, 0.05) is 11.1 Å². The van der Waals surface area contributed by atoms with Gasteiger partial charge in [-0.2, -0.15) is 0 Å². The smallest absolute Gasteiger partial charge is 0.190 e. The molecular weight excluding hydrogens is 256 g/mol. The number of hydrogen-bond donors (Lipinski definition) is 0. The van der Waals surface area contributed by atoms with E-state index in [9.17, 15) is 5.11 Å². The molecule has 0 N–H and O–H groups in total. The van der Waals surface area contributed by atoms with Crippen LogP contribution < -0.4 is 0 Å². The van der Waals surface area contributed by atoms with Crippen LogP contribution in [0.1, 0.15) is 52.7 Å².